The van der Waals surface area contributed by atoms with Crippen LogP contribution in [0.3, 0.4) is 0 Å². The largest absolute Gasteiger partial charge is 0.311 e. The summed E-state index contributed by atoms with van der Waals surface area (Å²) < 4.78 is 2.35. The second-order valence-electron chi connectivity index (χ2n) is 15.4. The minimum Gasteiger partial charge on any atom is -0.311 e. The first-order chi connectivity index (χ1) is 29.4. The quantitative estimate of drug-likeness (QED) is 0.121. The Morgan fingerprint density at radius 3 is 2.02 bits per heavy atom. The molecule has 2 aliphatic carbocycles. The van der Waals surface area contributed by atoms with Crippen LogP contribution in [-0.2, 0) is 5.41 Å². The molecule has 2 aliphatic rings. The SMILES string of the molecule is C=C/C=C(\C=C)N(c1ccc2c(c1)c1ccccc1n2-c1ccccc1)c1cc2c(c(C=C)c1C=C)-c1ccc(N(C3=CCCC=C3)c3ccccc3)cc1C2(C)C.CC. The molecule has 60 heavy (non-hydrogen) atoms. The van der Waals surface area contributed by atoms with Crippen molar-refractivity contribution < 1.29 is 0 Å². The van der Waals surface area contributed by atoms with Crippen molar-refractivity contribution in [2.24, 2.45) is 0 Å². The lowest BCUT2D eigenvalue weighted by Crippen LogP contribution is -2.20. The van der Waals surface area contributed by atoms with E-state index in [1.165, 1.54) is 38.7 Å². The lowest BCUT2D eigenvalue weighted by atomic mass is 9.81. The molecule has 0 amide bonds. The first-order valence-corrected chi connectivity index (χ1v) is 21.1. The van der Waals surface area contributed by atoms with Gasteiger partial charge in [0.05, 0.1) is 16.7 Å². The fourth-order valence-electron chi connectivity index (χ4n) is 9.18. The molecule has 0 radical (unpaired) electrons. The predicted molar refractivity (Wildman–Crippen MR) is 262 cm³/mol. The fourth-order valence-corrected chi connectivity index (χ4v) is 9.18. The highest BCUT2D eigenvalue weighted by molar-refractivity contribution is 6.11. The zero-order valence-electron chi connectivity index (χ0n) is 35.3. The Bertz CT molecular complexity index is 2880. The summed E-state index contributed by atoms with van der Waals surface area (Å²) in [6, 6.07) is 46.0. The number of nitrogens with zero attached hydrogens (tertiary/aromatic N) is 3. The zero-order chi connectivity index (χ0) is 42.0. The third kappa shape index (κ3) is 6.57. The molecule has 0 aliphatic heterocycles. The van der Waals surface area contributed by atoms with Gasteiger partial charge in [-0.2, -0.15) is 0 Å². The smallest absolute Gasteiger partial charge is 0.0543 e. The summed E-state index contributed by atoms with van der Waals surface area (Å²) in [5.41, 5.74) is 16.5. The summed E-state index contributed by atoms with van der Waals surface area (Å²) in [7, 11) is 0. The van der Waals surface area contributed by atoms with Gasteiger partial charge in [0.2, 0.25) is 0 Å². The molecule has 0 unspecified atom stereocenters. The topological polar surface area (TPSA) is 11.4 Å². The first-order valence-electron chi connectivity index (χ1n) is 21.1. The van der Waals surface area contributed by atoms with Crippen LogP contribution >= 0.6 is 0 Å². The molecule has 3 heteroatoms. The second kappa shape index (κ2) is 16.6. The lowest BCUT2D eigenvalue weighted by molar-refractivity contribution is 0.660. The summed E-state index contributed by atoms with van der Waals surface area (Å²) in [6.07, 6.45) is 18.7. The molecular formula is C57H53N3. The number of fused-ring (bicyclic) bond motifs is 6. The van der Waals surface area contributed by atoms with Crippen LogP contribution in [0, 0.1) is 0 Å². The Morgan fingerprint density at radius 2 is 1.33 bits per heavy atom. The van der Waals surface area contributed by atoms with Gasteiger partial charge in [0, 0.05) is 55.9 Å². The van der Waals surface area contributed by atoms with Crippen LogP contribution in [0.25, 0.3) is 50.8 Å². The summed E-state index contributed by atoms with van der Waals surface area (Å²) in [4.78, 5) is 4.68. The van der Waals surface area contributed by atoms with Gasteiger partial charge in [0.15, 0.2) is 0 Å². The summed E-state index contributed by atoms with van der Waals surface area (Å²) in [6.45, 7) is 25.9. The standard InChI is InChI=1S/C55H47N3.C2H6/c1-7-22-38(8-2)57(42-32-34-52-48(35-42)46-29-20-21-30-51(46)58(52)41-27-18-13-19-28-41)53-37-50-54(45(10-4)44(53)9-3)47-33-31-43(36-49(47)55(50,5)6)56(39-23-14-11-15-24-39)40-25-16-12-17-26-40;1-2/h7-11,13-16,18-37H,1-4,12,17H2,5-6H3;1-2H3/b38-22+;. The first kappa shape index (κ1) is 39.7. The number of para-hydroxylation sites is 3. The Balaban J connectivity index is 0.00000246. The molecule has 1 heterocycles. The van der Waals surface area contributed by atoms with Crippen molar-refractivity contribution in [3.63, 3.8) is 0 Å². The van der Waals surface area contributed by atoms with Crippen LogP contribution in [0.1, 0.15) is 62.8 Å². The van der Waals surface area contributed by atoms with E-state index in [-0.39, 0.29) is 5.41 Å². The maximum atomic E-state index is 4.42. The van der Waals surface area contributed by atoms with E-state index in [4.69, 9.17) is 0 Å². The number of aromatic nitrogens is 1. The Hall–Kier alpha value is -7.10. The van der Waals surface area contributed by atoms with Gasteiger partial charge in [0.1, 0.15) is 0 Å². The van der Waals surface area contributed by atoms with Gasteiger partial charge in [-0.3, -0.25) is 0 Å². The molecule has 1 aromatic heterocycles. The van der Waals surface area contributed by atoms with Gasteiger partial charge in [-0.05, 0) is 126 Å². The molecule has 0 bridgehead atoms. The molecule has 0 fully saturated rings. The number of allylic oxidation sites excluding steroid dienone is 6. The average Bonchev–Trinajstić information content (AvgIpc) is 3.75. The van der Waals surface area contributed by atoms with Crippen molar-refractivity contribution in [3.8, 4) is 16.8 Å². The normalized spacial score (nSPS) is 13.7. The van der Waals surface area contributed by atoms with E-state index in [0.717, 1.165) is 69.1 Å². The summed E-state index contributed by atoms with van der Waals surface area (Å²) in [5, 5.41) is 2.36. The molecule has 0 saturated heterocycles. The summed E-state index contributed by atoms with van der Waals surface area (Å²) >= 11 is 0. The van der Waals surface area contributed by atoms with Crippen molar-refractivity contribution in [2.45, 2.75) is 46.0 Å². The van der Waals surface area contributed by atoms with E-state index >= 15 is 0 Å². The van der Waals surface area contributed by atoms with E-state index in [1.54, 1.807) is 0 Å². The highest BCUT2D eigenvalue weighted by Crippen LogP contribution is 2.55. The number of hydrogen-bond donors (Lipinski definition) is 0. The van der Waals surface area contributed by atoms with Gasteiger partial charge < -0.3 is 14.4 Å². The van der Waals surface area contributed by atoms with Crippen LogP contribution in [0.2, 0.25) is 0 Å². The van der Waals surface area contributed by atoms with Crippen molar-refractivity contribution >= 4 is 56.7 Å². The number of rotatable bonds is 11. The minimum absolute atomic E-state index is 0.332. The van der Waals surface area contributed by atoms with Crippen molar-refractivity contribution in [1.82, 2.24) is 4.57 Å². The predicted octanol–water partition coefficient (Wildman–Crippen LogP) is 16.2. The van der Waals surface area contributed by atoms with E-state index in [9.17, 15) is 0 Å². The molecule has 3 nitrogen and oxygen atoms in total. The van der Waals surface area contributed by atoms with Gasteiger partial charge in [0.25, 0.3) is 0 Å². The second-order valence-corrected chi connectivity index (χ2v) is 15.4. The molecule has 7 aromatic rings. The Labute approximate surface area is 356 Å². The van der Waals surface area contributed by atoms with E-state index < -0.39 is 0 Å². The van der Waals surface area contributed by atoms with E-state index in [2.05, 4.69) is 200 Å². The van der Waals surface area contributed by atoms with E-state index in [1.807, 2.05) is 44.2 Å². The third-order valence-corrected chi connectivity index (χ3v) is 11.8. The Kier molecular flexibility index (Phi) is 11.0. The average molecular weight is 780 g/mol. The highest BCUT2D eigenvalue weighted by Gasteiger charge is 2.39. The zero-order valence-corrected chi connectivity index (χ0v) is 35.3. The number of anilines is 4. The fraction of sp³-hybridized carbons (Fsp3) is 0.123. The molecular weight excluding hydrogens is 727 g/mol. The van der Waals surface area contributed by atoms with Crippen molar-refractivity contribution in [1.29, 1.82) is 0 Å². The van der Waals surface area contributed by atoms with Crippen LogP contribution in [-0.4, -0.2) is 4.57 Å². The van der Waals surface area contributed by atoms with Gasteiger partial charge in [-0.15, -0.1) is 0 Å². The van der Waals surface area contributed by atoms with Crippen LogP contribution in [0.15, 0.2) is 202 Å². The minimum atomic E-state index is -0.332. The molecule has 0 saturated carbocycles. The number of hydrogen-bond acceptors (Lipinski definition) is 2. The van der Waals surface area contributed by atoms with E-state index in [0.29, 0.717) is 0 Å². The molecule has 0 spiro atoms. The number of benzene rings is 6. The summed E-state index contributed by atoms with van der Waals surface area (Å²) in [5.74, 6) is 0. The van der Waals surface area contributed by atoms with Crippen molar-refractivity contribution in [3.05, 3.63) is 224 Å². The molecule has 296 valence electrons. The van der Waals surface area contributed by atoms with Gasteiger partial charge >= 0.3 is 0 Å². The highest BCUT2D eigenvalue weighted by atomic mass is 15.2. The van der Waals surface area contributed by atoms with Crippen LogP contribution in [0.5, 0.6) is 0 Å². The molecule has 9 rings (SSSR count). The maximum Gasteiger partial charge on any atom is 0.0543 e. The monoisotopic (exact) mass is 779 g/mol. The lowest BCUT2D eigenvalue weighted by Gasteiger charge is -2.31. The Morgan fingerprint density at radius 1 is 0.650 bits per heavy atom. The van der Waals surface area contributed by atoms with Gasteiger partial charge in [-0.1, -0.05) is 145 Å². The van der Waals surface area contributed by atoms with Crippen LogP contribution in [0.4, 0.5) is 22.7 Å². The third-order valence-electron chi connectivity index (χ3n) is 11.8. The molecule has 6 aromatic carbocycles. The van der Waals surface area contributed by atoms with Gasteiger partial charge in [-0.25, -0.2) is 0 Å². The van der Waals surface area contributed by atoms with Crippen LogP contribution < -0.4 is 9.80 Å². The van der Waals surface area contributed by atoms with Crippen molar-refractivity contribution in [2.75, 3.05) is 9.80 Å². The molecule has 0 atom stereocenters. The molecule has 0 N–H and O–H groups in total. The maximum absolute atomic E-state index is 4.42.